The minimum absolute atomic E-state index is 0.100. The molecule has 2 aliphatic rings. The van der Waals surface area contributed by atoms with E-state index in [0.717, 1.165) is 37.1 Å². The highest BCUT2D eigenvalue weighted by Gasteiger charge is 2.33. The van der Waals surface area contributed by atoms with Crippen LogP contribution in [-0.4, -0.2) is 71.1 Å². The number of alkyl halides is 3. The predicted octanol–water partition coefficient (Wildman–Crippen LogP) is 2.44. The van der Waals surface area contributed by atoms with Gasteiger partial charge in [0.15, 0.2) is 5.69 Å². The highest BCUT2D eigenvalue weighted by Crippen LogP contribution is 2.29. The van der Waals surface area contributed by atoms with Gasteiger partial charge in [0.2, 0.25) is 10.0 Å². The summed E-state index contributed by atoms with van der Waals surface area (Å²) in [7, 11) is -3.86. The average Bonchev–Trinajstić information content (AvgIpc) is 3.45. The average molecular weight is 473 g/mol. The summed E-state index contributed by atoms with van der Waals surface area (Å²) in [6.45, 7) is 1.85. The van der Waals surface area contributed by atoms with Crippen molar-refractivity contribution in [3.05, 3.63) is 36.2 Å². The number of carbonyl (C=O) groups excluding carboxylic acids is 1. The maximum absolute atomic E-state index is 12.8. The van der Waals surface area contributed by atoms with E-state index in [0.29, 0.717) is 25.9 Å². The Morgan fingerprint density at radius 3 is 2.25 bits per heavy atom. The molecule has 0 atom stereocenters. The molecule has 0 bridgehead atoms. The molecule has 13 heteroatoms. The van der Waals surface area contributed by atoms with Gasteiger partial charge in [0.25, 0.3) is 5.91 Å². The molecule has 0 N–H and O–H groups in total. The summed E-state index contributed by atoms with van der Waals surface area (Å²) in [5.74, 6) is -0.632. The van der Waals surface area contributed by atoms with E-state index in [1.54, 1.807) is 15.8 Å². The highest BCUT2D eigenvalue weighted by molar-refractivity contribution is 7.89. The lowest BCUT2D eigenvalue weighted by molar-refractivity contribution is -0.274. The molecule has 1 aromatic carbocycles. The molecular formula is C19H22F3N5O4S. The van der Waals surface area contributed by atoms with E-state index in [9.17, 15) is 26.4 Å². The van der Waals surface area contributed by atoms with Crippen LogP contribution in [0.3, 0.4) is 0 Å². The number of hydrogen-bond donors (Lipinski definition) is 0. The fourth-order valence-electron chi connectivity index (χ4n) is 3.94. The van der Waals surface area contributed by atoms with Crippen molar-refractivity contribution in [1.29, 1.82) is 0 Å². The Bertz CT molecular complexity index is 1060. The molecule has 4 rings (SSSR count). The highest BCUT2D eigenvalue weighted by atomic mass is 32.2. The minimum Gasteiger partial charge on any atom is -0.406 e. The molecule has 174 valence electrons. The van der Waals surface area contributed by atoms with Crippen molar-refractivity contribution < 1.29 is 31.1 Å². The number of rotatable bonds is 5. The number of nitrogens with zero attached hydrogens (tertiary/aromatic N) is 5. The van der Waals surface area contributed by atoms with Crippen LogP contribution < -0.4 is 4.74 Å². The summed E-state index contributed by atoms with van der Waals surface area (Å²) in [6, 6.07) is 4.03. The summed E-state index contributed by atoms with van der Waals surface area (Å²) in [6.07, 6.45) is -0.350. The van der Waals surface area contributed by atoms with Crippen LogP contribution in [0.4, 0.5) is 13.2 Å². The van der Waals surface area contributed by atoms with Crippen molar-refractivity contribution in [2.75, 3.05) is 26.2 Å². The molecule has 2 aromatic rings. The zero-order chi connectivity index (χ0) is 22.9. The van der Waals surface area contributed by atoms with Gasteiger partial charge in [-0.05, 0) is 49.9 Å². The SMILES string of the molecule is O=C(c1cn(C2CCN(S(=O)(=O)c3ccc(OC(F)(F)F)cc3)CC2)nn1)N1CCCC1. The first kappa shape index (κ1) is 22.5. The maximum Gasteiger partial charge on any atom is 0.573 e. The molecule has 2 saturated heterocycles. The predicted molar refractivity (Wildman–Crippen MR) is 105 cm³/mol. The Morgan fingerprint density at radius 1 is 1.03 bits per heavy atom. The van der Waals surface area contributed by atoms with E-state index in [1.165, 1.54) is 4.31 Å². The van der Waals surface area contributed by atoms with Crippen LogP contribution in [0.25, 0.3) is 0 Å². The number of benzene rings is 1. The van der Waals surface area contributed by atoms with Gasteiger partial charge in [0.05, 0.1) is 17.1 Å². The fourth-order valence-corrected chi connectivity index (χ4v) is 5.41. The Kier molecular flexibility index (Phi) is 6.12. The second kappa shape index (κ2) is 8.70. The van der Waals surface area contributed by atoms with Crippen molar-refractivity contribution in [2.45, 2.75) is 43.0 Å². The smallest absolute Gasteiger partial charge is 0.406 e. The van der Waals surface area contributed by atoms with Crippen LogP contribution >= 0.6 is 0 Å². The Labute approximate surface area is 182 Å². The number of amides is 1. The van der Waals surface area contributed by atoms with E-state index >= 15 is 0 Å². The molecule has 0 aliphatic carbocycles. The molecule has 0 spiro atoms. The van der Waals surface area contributed by atoms with Gasteiger partial charge < -0.3 is 9.64 Å². The number of ether oxygens (including phenoxy) is 1. The van der Waals surface area contributed by atoms with Crippen molar-refractivity contribution in [2.24, 2.45) is 0 Å². The van der Waals surface area contributed by atoms with Crippen molar-refractivity contribution in [1.82, 2.24) is 24.2 Å². The lowest BCUT2D eigenvalue weighted by Gasteiger charge is -2.31. The maximum atomic E-state index is 12.8. The van der Waals surface area contributed by atoms with Gasteiger partial charge in [0.1, 0.15) is 5.75 Å². The van der Waals surface area contributed by atoms with Crippen molar-refractivity contribution in [3.63, 3.8) is 0 Å². The van der Waals surface area contributed by atoms with E-state index in [-0.39, 0.29) is 35.6 Å². The first-order valence-electron chi connectivity index (χ1n) is 10.2. The summed E-state index contributed by atoms with van der Waals surface area (Å²) < 4.78 is 69.2. The fraction of sp³-hybridized carbons (Fsp3) is 0.526. The van der Waals surface area contributed by atoms with Gasteiger partial charge in [-0.15, -0.1) is 18.3 Å². The quantitative estimate of drug-likeness (QED) is 0.662. The summed E-state index contributed by atoms with van der Waals surface area (Å²) in [4.78, 5) is 14.1. The molecule has 0 unspecified atom stereocenters. The molecule has 1 aromatic heterocycles. The lowest BCUT2D eigenvalue weighted by atomic mass is 10.1. The van der Waals surface area contributed by atoms with Crippen LogP contribution in [0.1, 0.15) is 42.2 Å². The van der Waals surface area contributed by atoms with Crippen LogP contribution in [0, 0.1) is 0 Å². The number of carbonyl (C=O) groups is 1. The topological polar surface area (TPSA) is 97.6 Å². The molecule has 2 aliphatic heterocycles. The number of aromatic nitrogens is 3. The van der Waals surface area contributed by atoms with Gasteiger partial charge in [-0.3, -0.25) is 4.79 Å². The van der Waals surface area contributed by atoms with Crippen molar-refractivity contribution >= 4 is 15.9 Å². The number of piperidine rings is 1. The Balaban J connectivity index is 1.37. The largest absolute Gasteiger partial charge is 0.573 e. The van der Waals surface area contributed by atoms with Gasteiger partial charge in [0, 0.05) is 26.2 Å². The molecular weight excluding hydrogens is 451 g/mol. The van der Waals surface area contributed by atoms with Gasteiger partial charge in [-0.25, -0.2) is 13.1 Å². The van der Waals surface area contributed by atoms with Crippen LogP contribution in [0.15, 0.2) is 35.4 Å². The van der Waals surface area contributed by atoms with Crippen molar-refractivity contribution in [3.8, 4) is 5.75 Å². The third kappa shape index (κ3) is 4.88. The van der Waals surface area contributed by atoms with Gasteiger partial charge in [-0.1, -0.05) is 5.21 Å². The number of likely N-dealkylation sites (tertiary alicyclic amines) is 1. The third-order valence-corrected chi connectivity index (χ3v) is 7.53. The van der Waals surface area contributed by atoms with Crippen LogP contribution in [0.5, 0.6) is 5.75 Å². The van der Waals surface area contributed by atoms with E-state index in [4.69, 9.17) is 0 Å². The molecule has 9 nitrogen and oxygen atoms in total. The van der Waals surface area contributed by atoms with E-state index in [2.05, 4.69) is 15.0 Å². The zero-order valence-electron chi connectivity index (χ0n) is 17.0. The van der Waals surface area contributed by atoms with E-state index in [1.807, 2.05) is 0 Å². The minimum atomic E-state index is -4.84. The molecule has 32 heavy (non-hydrogen) atoms. The summed E-state index contributed by atoms with van der Waals surface area (Å²) >= 11 is 0. The van der Waals surface area contributed by atoms with E-state index < -0.39 is 22.1 Å². The number of sulfonamides is 1. The Hall–Kier alpha value is -2.67. The lowest BCUT2D eigenvalue weighted by Crippen LogP contribution is -2.39. The molecule has 0 radical (unpaired) electrons. The van der Waals surface area contributed by atoms with Gasteiger partial charge >= 0.3 is 6.36 Å². The second-order valence-corrected chi connectivity index (χ2v) is 9.68. The monoisotopic (exact) mass is 473 g/mol. The number of hydrogen-bond acceptors (Lipinski definition) is 6. The molecule has 2 fully saturated rings. The molecule has 1 amide bonds. The normalized spacial score (nSPS) is 18.8. The molecule has 3 heterocycles. The Morgan fingerprint density at radius 2 is 1.66 bits per heavy atom. The molecule has 0 saturated carbocycles. The first-order chi connectivity index (χ1) is 15.1. The summed E-state index contributed by atoms with van der Waals surface area (Å²) in [5, 5.41) is 8.04. The van der Waals surface area contributed by atoms with Gasteiger partial charge in [-0.2, -0.15) is 4.31 Å². The summed E-state index contributed by atoms with van der Waals surface area (Å²) in [5.41, 5.74) is 0.281. The number of halogens is 3. The van der Waals surface area contributed by atoms with Crippen LogP contribution in [0.2, 0.25) is 0 Å². The zero-order valence-corrected chi connectivity index (χ0v) is 17.8. The van der Waals surface area contributed by atoms with Crippen LogP contribution in [-0.2, 0) is 10.0 Å². The first-order valence-corrected chi connectivity index (χ1v) is 11.6. The standard InChI is InChI=1S/C19H22F3N5O4S/c20-19(21,22)31-15-3-5-16(6-4-15)32(29,30)26-11-7-14(8-12-26)27-13-17(23-24-27)18(28)25-9-1-2-10-25/h3-6,13-14H,1-2,7-12H2. The third-order valence-electron chi connectivity index (χ3n) is 5.62. The second-order valence-electron chi connectivity index (χ2n) is 7.74.